The number of halogens is 1. The Morgan fingerprint density at radius 2 is 1.36 bits per heavy atom. The third kappa shape index (κ3) is 5.11. The lowest BCUT2D eigenvalue weighted by Gasteiger charge is -2.09. The smallest absolute Gasteiger partial charge is 0.423 e. The van der Waals surface area contributed by atoms with E-state index in [0.29, 0.717) is 5.46 Å². The molecule has 0 saturated heterocycles. The normalized spacial score (nSPS) is 9.95. The highest BCUT2D eigenvalue weighted by Crippen LogP contribution is 2.16. The van der Waals surface area contributed by atoms with Gasteiger partial charge >= 0.3 is 7.12 Å². The first kappa shape index (κ1) is 19.2. The fourth-order valence-corrected chi connectivity index (χ4v) is 3.14. The number of rotatable bonds is 3. The standard InChI is InChI=1S/C9H13BO2.C9H11I/c1-3-8-6-4-5-7(2)9(8)10(11)12;1-3-8-6-4-5-7(2)9(8)10/h4-6,11-12H,3H2,1-2H3;4-6H,3H2,1-2H3. The topological polar surface area (TPSA) is 40.5 Å². The molecule has 0 unspecified atom stereocenters. The van der Waals surface area contributed by atoms with Crippen LogP contribution in [0.15, 0.2) is 36.4 Å². The van der Waals surface area contributed by atoms with Crippen molar-refractivity contribution in [3.8, 4) is 0 Å². The van der Waals surface area contributed by atoms with E-state index in [1.807, 2.05) is 32.0 Å². The molecule has 0 saturated carbocycles. The molecule has 0 bridgehead atoms. The van der Waals surface area contributed by atoms with Crippen LogP contribution in [-0.4, -0.2) is 17.2 Å². The van der Waals surface area contributed by atoms with Gasteiger partial charge in [-0.1, -0.05) is 55.8 Å². The van der Waals surface area contributed by atoms with Crippen molar-refractivity contribution >= 4 is 35.2 Å². The molecule has 2 N–H and O–H groups in total. The average Bonchev–Trinajstić information content (AvgIpc) is 2.50. The van der Waals surface area contributed by atoms with Crippen LogP contribution in [0.4, 0.5) is 0 Å². The maximum atomic E-state index is 9.07. The molecule has 22 heavy (non-hydrogen) atoms. The fraction of sp³-hybridized carbons (Fsp3) is 0.333. The molecule has 4 heteroatoms. The maximum absolute atomic E-state index is 9.07. The van der Waals surface area contributed by atoms with Gasteiger partial charge in [0.2, 0.25) is 0 Å². The predicted molar refractivity (Wildman–Crippen MR) is 104 cm³/mol. The second-order valence-electron chi connectivity index (χ2n) is 5.28. The Kier molecular flexibility index (Phi) is 8.14. The summed E-state index contributed by atoms with van der Waals surface area (Å²) in [5.41, 5.74) is 5.44. The van der Waals surface area contributed by atoms with Gasteiger partial charge in [0, 0.05) is 3.57 Å². The number of aryl methyl sites for hydroxylation is 4. The van der Waals surface area contributed by atoms with Crippen molar-refractivity contribution in [2.75, 3.05) is 0 Å². The summed E-state index contributed by atoms with van der Waals surface area (Å²) in [6, 6.07) is 12.2. The van der Waals surface area contributed by atoms with Crippen molar-refractivity contribution in [2.45, 2.75) is 40.5 Å². The maximum Gasteiger partial charge on any atom is 0.488 e. The molecule has 2 rings (SSSR count). The van der Waals surface area contributed by atoms with Gasteiger partial charge in [0.1, 0.15) is 0 Å². The number of hydrogen-bond acceptors (Lipinski definition) is 2. The van der Waals surface area contributed by atoms with Crippen LogP contribution in [0.5, 0.6) is 0 Å². The van der Waals surface area contributed by atoms with Crippen molar-refractivity contribution in [3.05, 3.63) is 62.2 Å². The molecule has 0 aliphatic rings. The molecule has 0 amide bonds. The Hall–Kier alpha value is -0.845. The quantitative estimate of drug-likeness (QED) is 0.602. The molecule has 0 spiro atoms. The molecule has 2 aromatic rings. The zero-order valence-corrected chi connectivity index (χ0v) is 15.9. The SMILES string of the molecule is CCc1cccc(C)c1B(O)O.CCc1cccc(C)c1I. The molecule has 0 heterocycles. The van der Waals surface area contributed by atoms with E-state index in [0.717, 1.165) is 24.0 Å². The van der Waals surface area contributed by atoms with Gasteiger partial charge in [-0.25, -0.2) is 0 Å². The van der Waals surface area contributed by atoms with E-state index in [4.69, 9.17) is 10.0 Å². The van der Waals surface area contributed by atoms with Crippen LogP contribution in [0.2, 0.25) is 0 Å². The monoisotopic (exact) mass is 410 g/mol. The average molecular weight is 410 g/mol. The highest BCUT2D eigenvalue weighted by Gasteiger charge is 2.16. The Labute approximate surface area is 147 Å². The van der Waals surface area contributed by atoms with Gasteiger partial charge in [-0.15, -0.1) is 0 Å². The molecule has 0 aliphatic carbocycles. The van der Waals surface area contributed by atoms with Crippen LogP contribution in [0.1, 0.15) is 36.1 Å². The van der Waals surface area contributed by atoms with Gasteiger partial charge in [-0.3, -0.25) is 0 Å². The third-order valence-corrected chi connectivity index (χ3v) is 5.25. The van der Waals surface area contributed by atoms with Crippen molar-refractivity contribution in [2.24, 2.45) is 0 Å². The zero-order valence-electron chi connectivity index (χ0n) is 13.7. The summed E-state index contributed by atoms with van der Waals surface area (Å²) < 4.78 is 1.42. The molecular weight excluding hydrogens is 386 g/mol. The van der Waals surface area contributed by atoms with Gasteiger partial charge in [0.15, 0.2) is 0 Å². The van der Waals surface area contributed by atoms with E-state index in [9.17, 15) is 0 Å². The fourth-order valence-electron chi connectivity index (χ4n) is 2.40. The van der Waals surface area contributed by atoms with Crippen LogP contribution in [-0.2, 0) is 12.8 Å². The Bertz CT molecular complexity index is 612. The molecule has 0 aromatic heterocycles. The van der Waals surface area contributed by atoms with E-state index >= 15 is 0 Å². The second-order valence-corrected chi connectivity index (χ2v) is 6.36. The largest absolute Gasteiger partial charge is 0.488 e. The second kappa shape index (κ2) is 9.33. The van der Waals surface area contributed by atoms with Gasteiger partial charge < -0.3 is 10.0 Å². The molecule has 0 aliphatic heterocycles. The molecule has 118 valence electrons. The number of hydrogen-bond donors (Lipinski definition) is 2. The predicted octanol–water partition coefficient (Wildman–Crippen LogP) is 3.40. The van der Waals surface area contributed by atoms with E-state index in [1.54, 1.807) is 0 Å². The van der Waals surface area contributed by atoms with Crippen molar-refractivity contribution in [1.82, 2.24) is 0 Å². The van der Waals surface area contributed by atoms with E-state index < -0.39 is 7.12 Å². The molecule has 0 radical (unpaired) electrons. The summed E-state index contributed by atoms with van der Waals surface area (Å²) >= 11 is 2.40. The first-order chi connectivity index (χ1) is 10.4. The minimum atomic E-state index is -1.35. The van der Waals surface area contributed by atoms with E-state index in [-0.39, 0.29) is 0 Å². The van der Waals surface area contributed by atoms with Crippen molar-refractivity contribution < 1.29 is 10.0 Å². The molecule has 0 fully saturated rings. The Morgan fingerprint density at radius 1 is 0.864 bits per heavy atom. The summed E-state index contributed by atoms with van der Waals surface area (Å²) in [7, 11) is -1.35. The van der Waals surface area contributed by atoms with Crippen LogP contribution >= 0.6 is 22.6 Å². The van der Waals surface area contributed by atoms with Gasteiger partial charge in [0.25, 0.3) is 0 Å². The lowest BCUT2D eigenvalue weighted by Crippen LogP contribution is -2.35. The molecule has 0 atom stereocenters. The van der Waals surface area contributed by atoms with Gasteiger partial charge in [0.05, 0.1) is 0 Å². The Morgan fingerprint density at radius 3 is 1.77 bits per heavy atom. The minimum Gasteiger partial charge on any atom is -0.423 e. The lowest BCUT2D eigenvalue weighted by atomic mass is 9.73. The molecule has 2 nitrogen and oxygen atoms in total. The highest BCUT2D eigenvalue weighted by molar-refractivity contribution is 14.1. The van der Waals surface area contributed by atoms with E-state index in [2.05, 4.69) is 54.6 Å². The highest BCUT2D eigenvalue weighted by atomic mass is 127. The van der Waals surface area contributed by atoms with Crippen LogP contribution < -0.4 is 5.46 Å². The van der Waals surface area contributed by atoms with Gasteiger partial charge in [-0.05, 0) is 71.4 Å². The molecule has 2 aromatic carbocycles. The van der Waals surface area contributed by atoms with Crippen LogP contribution in [0.25, 0.3) is 0 Å². The molecular formula is C18H24BIO2. The lowest BCUT2D eigenvalue weighted by molar-refractivity contribution is 0.425. The summed E-state index contributed by atoms with van der Waals surface area (Å²) in [5.74, 6) is 0. The summed E-state index contributed by atoms with van der Waals surface area (Å²) in [5, 5.41) is 18.1. The van der Waals surface area contributed by atoms with Gasteiger partial charge in [-0.2, -0.15) is 0 Å². The van der Waals surface area contributed by atoms with Crippen LogP contribution in [0, 0.1) is 17.4 Å². The van der Waals surface area contributed by atoms with E-state index in [1.165, 1.54) is 14.7 Å². The first-order valence-electron chi connectivity index (χ1n) is 7.60. The zero-order chi connectivity index (χ0) is 16.7. The first-order valence-corrected chi connectivity index (χ1v) is 8.68. The Balaban J connectivity index is 0.000000224. The minimum absolute atomic E-state index is 0.653. The summed E-state index contributed by atoms with van der Waals surface area (Å²) in [6.07, 6.45) is 1.97. The third-order valence-electron chi connectivity index (χ3n) is 3.71. The summed E-state index contributed by atoms with van der Waals surface area (Å²) in [4.78, 5) is 0. The van der Waals surface area contributed by atoms with Crippen LogP contribution in [0.3, 0.4) is 0 Å². The summed E-state index contributed by atoms with van der Waals surface area (Å²) in [6.45, 7) is 8.23. The number of benzene rings is 2. The van der Waals surface area contributed by atoms with Crippen molar-refractivity contribution in [1.29, 1.82) is 0 Å². The van der Waals surface area contributed by atoms with Crippen molar-refractivity contribution in [3.63, 3.8) is 0 Å².